The summed E-state index contributed by atoms with van der Waals surface area (Å²) in [5, 5.41) is 30.6. The summed E-state index contributed by atoms with van der Waals surface area (Å²) in [6.45, 7) is 5.50. The van der Waals surface area contributed by atoms with Gasteiger partial charge < -0.3 is 20.3 Å². The molecule has 1 amide bonds. The van der Waals surface area contributed by atoms with E-state index < -0.39 is 23.9 Å². The summed E-state index contributed by atoms with van der Waals surface area (Å²) < 4.78 is 5.99. The van der Waals surface area contributed by atoms with Crippen LogP contribution < -0.4 is 5.32 Å². The number of hydrogen-bond acceptors (Lipinski definition) is 5. The number of aromatic nitrogens is 2. The van der Waals surface area contributed by atoms with Crippen LogP contribution in [0.5, 0.6) is 0 Å². The number of ether oxygens (including phenoxy) is 1. The minimum absolute atomic E-state index is 0.178. The van der Waals surface area contributed by atoms with E-state index in [-0.39, 0.29) is 13.0 Å². The van der Waals surface area contributed by atoms with E-state index >= 15 is 0 Å². The van der Waals surface area contributed by atoms with Gasteiger partial charge in [0.2, 0.25) is 0 Å². The Labute approximate surface area is 148 Å². The van der Waals surface area contributed by atoms with Crippen LogP contribution in [-0.4, -0.2) is 44.8 Å². The molecule has 0 saturated carbocycles. The summed E-state index contributed by atoms with van der Waals surface area (Å²) in [6.07, 6.45) is -2.55. The van der Waals surface area contributed by atoms with Gasteiger partial charge in [-0.2, -0.15) is 5.10 Å². The SMILES string of the molecule is CC(C)(C)OC(=O)NCCC(O)C(O)c1[nH]nc2cc(Br)ccc12. The highest BCUT2D eigenvalue weighted by atomic mass is 79.9. The Morgan fingerprint density at radius 2 is 2.12 bits per heavy atom. The molecule has 2 unspecified atom stereocenters. The number of nitrogens with zero attached hydrogens (tertiary/aromatic N) is 1. The van der Waals surface area contributed by atoms with Crippen molar-refractivity contribution in [2.75, 3.05) is 6.54 Å². The van der Waals surface area contributed by atoms with Crippen molar-refractivity contribution in [1.29, 1.82) is 0 Å². The summed E-state index contributed by atoms with van der Waals surface area (Å²) >= 11 is 3.36. The Bertz CT molecular complexity index is 711. The zero-order valence-electron chi connectivity index (χ0n) is 13.8. The van der Waals surface area contributed by atoms with E-state index in [0.29, 0.717) is 11.2 Å². The first-order valence-electron chi connectivity index (χ1n) is 7.64. The number of aromatic amines is 1. The quantitative estimate of drug-likeness (QED) is 0.617. The highest BCUT2D eigenvalue weighted by Gasteiger charge is 2.23. The predicted octanol–water partition coefficient (Wildman–Crippen LogP) is 2.63. The Hall–Kier alpha value is -1.64. The molecule has 2 atom stereocenters. The molecule has 2 rings (SSSR count). The second-order valence-corrected chi connectivity index (χ2v) is 7.44. The summed E-state index contributed by atoms with van der Waals surface area (Å²) in [5.74, 6) is 0. The first-order valence-corrected chi connectivity index (χ1v) is 8.43. The number of fused-ring (bicyclic) bond motifs is 1. The van der Waals surface area contributed by atoms with Crippen LogP contribution in [0.1, 0.15) is 39.0 Å². The first-order chi connectivity index (χ1) is 11.2. The fourth-order valence-corrected chi connectivity index (χ4v) is 2.57. The van der Waals surface area contributed by atoms with Gasteiger partial charge in [0.05, 0.1) is 17.3 Å². The summed E-state index contributed by atoms with van der Waals surface area (Å²) in [4.78, 5) is 11.5. The fraction of sp³-hybridized carbons (Fsp3) is 0.500. The topological polar surface area (TPSA) is 107 Å². The first kappa shape index (κ1) is 18.7. The van der Waals surface area contributed by atoms with Crippen molar-refractivity contribution in [1.82, 2.24) is 15.5 Å². The van der Waals surface area contributed by atoms with Crippen LogP contribution in [0.25, 0.3) is 10.9 Å². The van der Waals surface area contributed by atoms with Gasteiger partial charge in [-0.25, -0.2) is 4.79 Å². The number of halogens is 1. The molecule has 7 nitrogen and oxygen atoms in total. The number of nitrogens with one attached hydrogen (secondary N) is 2. The number of benzene rings is 1. The van der Waals surface area contributed by atoms with Crippen molar-refractivity contribution in [3.63, 3.8) is 0 Å². The molecule has 0 aliphatic heterocycles. The van der Waals surface area contributed by atoms with Crippen LogP contribution in [0.15, 0.2) is 22.7 Å². The maximum atomic E-state index is 11.5. The lowest BCUT2D eigenvalue weighted by Crippen LogP contribution is -2.34. The van der Waals surface area contributed by atoms with Gasteiger partial charge in [-0.05, 0) is 45.4 Å². The van der Waals surface area contributed by atoms with Crippen LogP contribution in [0.3, 0.4) is 0 Å². The number of carbonyl (C=O) groups excluding carboxylic acids is 1. The van der Waals surface area contributed by atoms with E-state index in [0.717, 1.165) is 9.86 Å². The number of aliphatic hydroxyl groups is 2. The van der Waals surface area contributed by atoms with Crippen LogP contribution in [0.2, 0.25) is 0 Å². The highest BCUT2D eigenvalue weighted by Crippen LogP contribution is 2.27. The third-order valence-corrected chi connectivity index (χ3v) is 3.81. The second kappa shape index (κ2) is 7.50. The lowest BCUT2D eigenvalue weighted by molar-refractivity contribution is 0.0107. The minimum Gasteiger partial charge on any atom is -0.444 e. The molecular formula is C16H22BrN3O4. The molecule has 8 heteroatoms. The zero-order valence-corrected chi connectivity index (χ0v) is 15.4. The molecule has 4 N–H and O–H groups in total. The molecular weight excluding hydrogens is 378 g/mol. The van der Waals surface area contributed by atoms with Gasteiger partial charge in [-0.1, -0.05) is 15.9 Å². The Morgan fingerprint density at radius 3 is 2.79 bits per heavy atom. The van der Waals surface area contributed by atoms with Gasteiger partial charge in [0, 0.05) is 16.4 Å². The average molecular weight is 400 g/mol. The van der Waals surface area contributed by atoms with Gasteiger partial charge in [0.15, 0.2) is 0 Å². The van der Waals surface area contributed by atoms with E-state index in [1.807, 2.05) is 18.2 Å². The summed E-state index contributed by atoms with van der Waals surface area (Å²) in [5.41, 5.74) is 0.561. The molecule has 2 aromatic rings. The summed E-state index contributed by atoms with van der Waals surface area (Å²) in [7, 11) is 0. The summed E-state index contributed by atoms with van der Waals surface area (Å²) in [6, 6.07) is 5.47. The van der Waals surface area contributed by atoms with E-state index in [1.165, 1.54) is 0 Å². The normalized spacial score (nSPS) is 14.4. The third kappa shape index (κ3) is 4.93. The molecule has 1 aromatic carbocycles. The Balaban J connectivity index is 1.92. The molecule has 0 fully saturated rings. The Morgan fingerprint density at radius 1 is 1.42 bits per heavy atom. The number of rotatable bonds is 5. The van der Waals surface area contributed by atoms with Crippen molar-refractivity contribution < 1.29 is 19.7 Å². The van der Waals surface area contributed by atoms with Crippen LogP contribution in [-0.2, 0) is 4.74 Å². The van der Waals surface area contributed by atoms with Crippen molar-refractivity contribution in [3.05, 3.63) is 28.4 Å². The molecule has 0 radical (unpaired) electrons. The minimum atomic E-state index is -1.13. The lowest BCUT2D eigenvalue weighted by Gasteiger charge is -2.21. The number of aliphatic hydroxyl groups excluding tert-OH is 2. The van der Waals surface area contributed by atoms with Gasteiger partial charge >= 0.3 is 6.09 Å². The zero-order chi connectivity index (χ0) is 17.9. The lowest BCUT2D eigenvalue weighted by atomic mass is 10.0. The Kier molecular flexibility index (Phi) is 5.84. The second-order valence-electron chi connectivity index (χ2n) is 6.53. The van der Waals surface area contributed by atoms with Crippen molar-refractivity contribution >= 4 is 32.9 Å². The van der Waals surface area contributed by atoms with E-state index in [1.54, 1.807) is 20.8 Å². The monoisotopic (exact) mass is 399 g/mol. The van der Waals surface area contributed by atoms with Crippen LogP contribution in [0.4, 0.5) is 4.79 Å². The smallest absolute Gasteiger partial charge is 0.407 e. The molecule has 0 aliphatic rings. The number of H-pyrrole nitrogens is 1. The maximum absolute atomic E-state index is 11.5. The van der Waals surface area contributed by atoms with Crippen molar-refractivity contribution in [2.24, 2.45) is 0 Å². The largest absolute Gasteiger partial charge is 0.444 e. The van der Waals surface area contributed by atoms with Gasteiger partial charge in [0.25, 0.3) is 0 Å². The third-order valence-electron chi connectivity index (χ3n) is 3.32. The predicted molar refractivity (Wildman–Crippen MR) is 93.6 cm³/mol. The van der Waals surface area contributed by atoms with Gasteiger partial charge in [0.1, 0.15) is 11.7 Å². The molecule has 0 aliphatic carbocycles. The molecule has 1 heterocycles. The number of hydrogen-bond donors (Lipinski definition) is 4. The highest BCUT2D eigenvalue weighted by molar-refractivity contribution is 9.10. The van der Waals surface area contributed by atoms with Gasteiger partial charge in [-0.3, -0.25) is 5.10 Å². The number of amides is 1. The van der Waals surface area contributed by atoms with Gasteiger partial charge in [-0.15, -0.1) is 0 Å². The fourth-order valence-electron chi connectivity index (χ4n) is 2.22. The standard InChI is InChI=1S/C16H22BrN3O4/c1-16(2,3)24-15(23)18-7-6-12(21)14(22)13-10-5-4-9(17)8-11(10)19-20-13/h4-5,8,12,14,21-22H,6-7H2,1-3H3,(H,18,23)(H,19,20). The van der Waals surface area contributed by atoms with E-state index in [9.17, 15) is 15.0 Å². The maximum Gasteiger partial charge on any atom is 0.407 e. The molecule has 24 heavy (non-hydrogen) atoms. The van der Waals surface area contributed by atoms with E-state index in [4.69, 9.17) is 4.74 Å². The van der Waals surface area contributed by atoms with E-state index in [2.05, 4.69) is 31.4 Å². The molecule has 0 saturated heterocycles. The average Bonchev–Trinajstić information content (AvgIpc) is 2.87. The van der Waals surface area contributed by atoms with Crippen LogP contribution >= 0.6 is 15.9 Å². The van der Waals surface area contributed by atoms with Crippen LogP contribution in [0, 0.1) is 0 Å². The molecule has 0 spiro atoms. The number of alkyl carbamates (subject to hydrolysis) is 1. The molecule has 0 bridgehead atoms. The van der Waals surface area contributed by atoms with Crippen molar-refractivity contribution in [2.45, 2.75) is 45.0 Å². The number of carbonyl (C=O) groups is 1. The molecule has 132 valence electrons. The molecule has 1 aromatic heterocycles. The van der Waals surface area contributed by atoms with Crippen molar-refractivity contribution in [3.8, 4) is 0 Å².